The van der Waals surface area contributed by atoms with Gasteiger partial charge in [-0.2, -0.15) is 5.10 Å². The standard InChI is InChI=1S/C13H16IN3/c1-8-4-5-9(2)11(6-8)7-17-13(15)12(14)10(3)16-17/h4-6H,7,15H2,1-3H3. The predicted molar refractivity (Wildman–Crippen MR) is 79.1 cm³/mol. The van der Waals surface area contributed by atoms with Crippen LogP contribution in [0.25, 0.3) is 0 Å². The number of hydrogen-bond donors (Lipinski definition) is 1. The van der Waals surface area contributed by atoms with E-state index in [1.807, 2.05) is 11.6 Å². The smallest absolute Gasteiger partial charge is 0.135 e. The second kappa shape index (κ2) is 4.68. The van der Waals surface area contributed by atoms with Crippen LogP contribution >= 0.6 is 22.6 Å². The van der Waals surface area contributed by atoms with Crippen LogP contribution in [0.2, 0.25) is 0 Å². The first-order valence-corrected chi connectivity index (χ1v) is 6.61. The Labute approximate surface area is 115 Å². The van der Waals surface area contributed by atoms with Crippen LogP contribution in [0, 0.1) is 24.3 Å². The van der Waals surface area contributed by atoms with Crippen molar-refractivity contribution in [2.24, 2.45) is 0 Å². The Hall–Kier alpha value is -1.04. The minimum absolute atomic E-state index is 0.739. The molecule has 0 bridgehead atoms. The third-order valence-electron chi connectivity index (χ3n) is 2.92. The molecule has 0 saturated carbocycles. The van der Waals surface area contributed by atoms with E-state index in [0.29, 0.717) is 0 Å². The summed E-state index contributed by atoms with van der Waals surface area (Å²) in [5.74, 6) is 0.754. The zero-order valence-corrected chi connectivity index (χ0v) is 12.4. The van der Waals surface area contributed by atoms with E-state index in [0.717, 1.165) is 21.6 Å². The molecule has 2 rings (SSSR count). The number of aromatic nitrogens is 2. The van der Waals surface area contributed by atoms with Crippen LogP contribution in [0.3, 0.4) is 0 Å². The van der Waals surface area contributed by atoms with Crippen LogP contribution in [0.1, 0.15) is 22.4 Å². The van der Waals surface area contributed by atoms with Gasteiger partial charge in [-0.05, 0) is 54.5 Å². The molecule has 2 aromatic rings. The quantitative estimate of drug-likeness (QED) is 0.854. The molecular weight excluding hydrogens is 325 g/mol. The van der Waals surface area contributed by atoms with Gasteiger partial charge in [-0.25, -0.2) is 4.68 Å². The maximum absolute atomic E-state index is 6.03. The fourth-order valence-electron chi connectivity index (χ4n) is 1.83. The number of nitrogens with two attached hydrogens (primary N) is 1. The average molecular weight is 341 g/mol. The topological polar surface area (TPSA) is 43.8 Å². The lowest BCUT2D eigenvalue weighted by Crippen LogP contribution is -2.07. The summed E-state index contributed by atoms with van der Waals surface area (Å²) in [5, 5.41) is 4.46. The lowest BCUT2D eigenvalue weighted by atomic mass is 10.1. The molecule has 1 aromatic heterocycles. The highest BCUT2D eigenvalue weighted by Gasteiger charge is 2.10. The van der Waals surface area contributed by atoms with Gasteiger partial charge in [0.15, 0.2) is 0 Å². The van der Waals surface area contributed by atoms with Crippen molar-refractivity contribution in [3.05, 3.63) is 44.2 Å². The Morgan fingerprint density at radius 2 is 2.00 bits per heavy atom. The van der Waals surface area contributed by atoms with Crippen LogP contribution < -0.4 is 5.73 Å². The predicted octanol–water partition coefficient (Wildman–Crippen LogP) is 3.04. The van der Waals surface area contributed by atoms with Crippen molar-refractivity contribution in [1.29, 1.82) is 0 Å². The molecule has 0 amide bonds. The van der Waals surface area contributed by atoms with E-state index in [4.69, 9.17) is 5.73 Å². The molecule has 0 aliphatic rings. The molecule has 4 heteroatoms. The second-order valence-corrected chi connectivity index (χ2v) is 5.45. The normalized spacial score (nSPS) is 10.8. The van der Waals surface area contributed by atoms with Crippen molar-refractivity contribution in [2.45, 2.75) is 27.3 Å². The molecule has 90 valence electrons. The number of rotatable bonds is 2. The summed E-state index contributed by atoms with van der Waals surface area (Å²) in [6.07, 6.45) is 0. The number of hydrogen-bond acceptors (Lipinski definition) is 2. The highest BCUT2D eigenvalue weighted by Crippen LogP contribution is 2.20. The first kappa shape index (κ1) is 12.4. The molecule has 1 heterocycles. The van der Waals surface area contributed by atoms with Crippen molar-refractivity contribution < 1.29 is 0 Å². The van der Waals surface area contributed by atoms with Gasteiger partial charge in [-0.3, -0.25) is 0 Å². The zero-order chi connectivity index (χ0) is 12.6. The minimum atomic E-state index is 0.739. The SMILES string of the molecule is Cc1ccc(C)c(Cn2nc(C)c(I)c2N)c1. The molecule has 3 nitrogen and oxygen atoms in total. The molecule has 1 aromatic carbocycles. The molecular formula is C13H16IN3. The van der Waals surface area contributed by atoms with E-state index in [9.17, 15) is 0 Å². The van der Waals surface area contributed by atoms with Gasteiger partial charge in [-0.1, -0.05) is 23.8 Å². The van der Waals surface area contributed by atoms with E-state index in [1.54, 1.807) is 0 Å². The van der Waals surface area contributed by atoms with E-state index < -0.39 is 0 Å². The van der Waals surface area contributed by atoms with Crippen molar-refractivity contribution >= 4 is 28.4 Å². The van der Waals surface area contributed by atoms with E-state index in [-0.39, 0.29) is 0 Å². The summed E-state index contributed by atoms with van der Waals surface area (Å²) in [7, 11) is 0. The molecule has 0 aliphatic heterocycles. The van der Waals surface area contributed by atoms with Crippen molar-refractivity contribution in [1.82, 2.24) is 9.78 Å². The first-order valence-electron chi connectivity index (χ1n) is 5.53. The molecule has 17 heavy (non-hydrogen) atoms. The summed E-state index contributed by atoms with van der Waals surface area (Å²) in [6, 6.07) is 6.46. The van der Waals surface area contributed by atoms with Crippen LogP contribution in [-0.2, 0) is 6.54 Å². The third kappa shape index (κ3) is 2.46. The molecule has 0 spiro atoms. The summed E-state index contributed by atoms with van der Waals surface area (Å²) in [5.41, 5.74) is 10.8. The van der Waals surface area contributed by atoms with Gasteiger partial charge in [0.1, 0.15) is 5.82 Å². The lowest BCUT2D eigenvalue weighted by molar-refractivity contribution is 0.686. The van der Waals surface area contributed by atoms with E-state index in [1.165, 1.54) is 16.7 Å². The second-order valence-electron chi connectivity index (χ2n) is 4.37. The van der Waals surface area contributed by atoms with Gasteiger partial charge in [0, 0.05) is 0 Å². The van der Waals surface area contributed by atoms with E-state index in [2.05, 4.69) is 59.7 Å². The Balaban J connectivity index is 2.37. The summed E-state index contributed by atoms with van der Waals surface area (Å²) < 4.78 is 2.92. The summed E-state index contributed by atoms with van der Waals surface area (Å²) in [6.45, 7) is 6.94. The highest BCUT2D eigenvalue weighted by atomic mass is 127. The Morgan fingerprint density at radius 3 is 2.59 bits per heavy atom. The third-order valence-corrected chi connectivity index (χ3v) is 4.25. The molecule has 0 radical (unpaired) electrons. The number of anilines is 1. The van der Waals surface area contributed by atoms with Gasteiger partial charge < -0.3 is 5.73 Å². The first-order chi connectivity index (χ1) is 7.99. The maximum Gasteiger partial charge on any atom is 0.135 e. The largest absolute Gasteiger partial charge is 0.383 e. The van der Waals surface area contributed by atoms with Crippen LogP contribution in [-0.4, -0.2) is 9.78 Å². The average Bonchev–Trinajstić information content (AvgIpc) is 2.52. The van der Waals surface area contributed by atoms with Gasteiger partial charge in [0.05, 0.1) is 15.8 Å². The van der Waals surface area contributed by atoms with Crippen LogP contribution in [0.15, 0.2) is 18.2 Å². The van der Waals surface area contributed by atoms with Crippen molar-refractivity contribution in [2.75, 3.05) is 5.73 Å². The van der Waals surface area contributed by atoms with Gasteiger partial charge in [-0.15, -0.1) is 0 Å². The highest BCUT2D eigenvalue weighted by molar-refractivity contribution is 14.1. The Kier molecular flexibility index (Phi) is 3.42. The molecule has 0 unspecified atom stereocenters. The number of nitrogens with zero attached hydrogens (tertiary/aromatic N) is 2. The number of nitrogen functional groups attached to an aromatic ring is 1. The van der Waals surface area contributed by atoms with Gasteiger partial charge >= 0.3 is 0 Å². The monoisotopic (exact) mass is 341 g/mol. The van der Waals surface area contributed by atoms with Crippen LogP contribution in [0.4, 0.5) is 5.82 Å². The number of benzene rings is 1. The van der Waals surface area contributed by atoms with Crippen molar-refractivity contribution in [3.8, 4) is 0 Å². The minimum Gasteiger partial charge on any atom is -0.383 e. The number of aryl methyl sites for hydroxylation is 3. The lowest BCUT2D eigenvalue weighted by Gasteiger charge is -2.08. The van der Waals surface area contributed by atoms with Gasteiger partial charge in [0.2, 0.25) is 0 Å². The molecule has 0 fully saturated rings. The fraction of sp³-hybridized carbons (Fsp3) is 0.308. The Morgan fingerprint density at radius 1 is 1.29 bits per heavy atom. The Bertz CT molecular complexity index is 558. The summed E-state index contributed by atoms with van der Waals surface area (Å²) in [4.78, 5) is 0. The molecule has 2 N–H and O–H groups in total. The van der Waals surface area contributed by atoms with Gasteiger partial charge in [0.25, 0.3) is 0 Å². The molecule has 0 saturated heterocycles. The molecule has 0 aliphatic carbocycles. The van der Waals surface area contributed by atoms with E-state index >= 15 is 0 Å². The summed E-state index contributed by atoms with van der Waals surface area (Å²) >= 11 is 2.24. The van der Waals surface area contributed by atoms with Crippen molar-refractivity contribution in [3.63, 3.8) is 0 Å². The zero-order valence-electron chi connectivity index (χ0n) is 10.3. The fourth-order valence-corrected chi connectivity index (χ4v) is 2.22. The number of halogens is 1. The maximum atomic E-state index is 6.03. The molecule has 0 atom stereocenters. The van der Waals surface area contributed by atoms with Crippen LogP contribution in [0.5, 0.6) is 0 Å².